The van der Waals surface area contributed by atoms with Gasteiger partial charge in [-0.25, -0.2) is 0 Å². The van der Waals surface area contributed by atoms with E-state index < -0.39 is 40.3 Å². The molecular weight excluding hydrogens is 216 g/mol. The first kappa shape index (κ1) is 13.8. The van der Waals surface area contributed by atoms with Crippen molar-refractivity contribution >= 4 is 10.1 Å². The van der Waals surface area contributed by atoms with Crippen LogP contribution in [0.25, 0.3) is 0 Å². The fraction of sp³-hybridized carbons (Fsp3) is 0.833. The third-order valence-corrected chi connectivity index (χ3v) is 2.28. The molecule has 0 heterocycles. The molecule has 0 rings (SSSR count). The molecule has 0 fully saturated rings. The smallest absolute Gasteiger partial charge is 0.267 e. The van der Waals surface area contributed by atoms with Crippen molar-refractivity contribution in [3.8, 4) is 0 Å². The summed E-state index contributed by atoms with van der Waals surface area (Å²) in [6.07, 6.45) is -7.14. The number of aliphatic hydroxyl groups is 4. The standard InChI is InChI=1S/C6H13O7S/c1-3(7)5(9)6(10)4(8)2-14(11,12)13/h3-10H,1-2H2,(H,11,12,13). The molecule has 0 aromatic rings. The molecule has 0 saturated carbocycles. The predicted octanol–water partition coefficient (Wildman–Crippen LogP) is -2.85. The Morgan fingerprint density at radius 1 is 1.07 bits per heavy atom. The van der Waals surface area contributed by atoms with Gasteiger partial charge >= 0.3 is 0 Å². The topological polar surface area (TPSA) is 135 Å². The molecule has 0 aliphatic rings. The van der Waals surface area contributed by atoms with Gasteiger partial charge in [-0.2, -0.15) is 8.42 Å². The highest BCUT2D eigenvalue weighted by atomic mass is 32.2. The van der Waals surface area contributed by atoms with Crippen LogP contribution in [0.1, 0.15) is 0 Å². The van der Waals surface area contributed by atoms with E-state index in [1.807, 2.05) is 0 Å². The van der Waals surface area contributed by atoms with Gasteiger partial charge in [-0.1, -0.05) is 0 Å². The minimum atomic E-state index is -4.45. The second kappa shape index (κ2) is 5.01. The molecule has 4 atom stereocenters. The van der Waals surface area contributed by atoms with Crippen LogP contribution in [0.15, 0.2) is 0 Å². The van der Waals surface area contributed by atoms with E-state index in [0.29, 0.717) is 0 Å². The van der Waals surface area contributed by atoms with Gasteiger partial charge in [-0.05, 0) is 6.92 Å². The molecule has 0 aromatic carbocycles. The molecule has 1 radical (unpaired) electrons. The van der Waals surface area contributed by atoms with Crippen molar-refractivity contribution < 1.29 is 33.4 Å². The van der Waals surface area contributed by atoms with Gasteiger partial charge in [0.15, 0.2) is 0 Å². The third kappa shape index (κ3) is 4.84. The first-order valence-corrected chi connectivity index (χ1v) is 5.26. The Labute approximate surface area is 81.4 Å². The summed E-state index contributed by atoms with van der Waals surface area (Å²) in [6.45, 7) is 2.96. The highest BCUT2D eigenvalue weighted by Gasteiger charge is 2.30. The van der Waals surface area contributed by atoms with Crippen LogP contribution in [-0.4, -0.2) is 63.6 Å². The van der Waals surface area contributed by atoms with Gasteiger partial charge in [0, 0.05) is 0 Å². The Bertz CT molecular complexity index is 259. The van der Waals surface area contributed by atoms with Crippen molar-refractivity contribution in [2.75, 3.05) is 5.75 Å². The van der Waals surface area contributed by atoms with Gasteiger partial charge in [0.2, 0.25) is 0 Å². The summed E-state index contributed by atoms with van der Waals surface area (Å²) in [6, 6.07) is 0. The van der Waals surface area contributed by atoms with Gasteiger partial charge in [0.25, 0.3) is 10.1 Å². The molecule has 0 bridgehead atoms. The van der Waals surface area contributed by atoms with E-state index in [9.17, 15) is 8.42 Å². The quantitative estimate of drug-likeness (QED) is 0.320. The van der Waals surface area contributed by atoms with Gasteiger partial charge in [0.1, 0.15) is 18.0 Å². The van der Waals surface area contributed by atoms with E-state index >= 15 is 0 Å². The Kier molecular flexibility index (Phi) is 4.92. The zero-order chi connectivity index (χ0) is 11.5. The summed E-state index contributed by atoms with van der Waals surface area (Å²) in [5, 5.41) is 35.7. The maximum absolute atomic E-state index is 10.3. The zero-order valence-electron chi connectivity index (χ0n) is 7.18. The second-order valence-corrected chi connectivity index (χ2v) is 4.36. The normalized spacial score (nSPS) is 21.3. The Morgan fingerprint density at radius 3 is 1.79 bits per heavy atom. The number of rotatable bonds is 5. The highest BCUT2D eigenvalue weighted by molar-refractivity contribution is 7.85. The lowest BCUT2D eigenvalue weighted by Gasteiger charge is -2.23. The van der Waals surface area contributed by atoms with Gasteiger partial charge in [-0.15, -0.1) is 0 Å². The first-order chi connectivity index (χ1) is 6.15. The first-order valence-electron chi connectivity index (χ1n) is 3.65. The van der Waals surface area contributed by atoms with Crippen LogP contribution < -0.4 is 0 Å². The molecule has 7 nitrogen and oxygen atoms in total. The van der Waals surface area contributed by atoms with Crippen molar-refractivity contribution in [1.29, 1.82) is 0 Å². The number of hydrogen-bond donors (Lipinski definition) is 5. The average molecular weight is 229 g/mol. The van der Waals surface area contributed by atoms with E-state index in [-0.39, 0.29) is 0 Å². The lowest BCUT2D eigenvalue weighted by Crippen LogP contribution is -2.46. The molecule has 4 unspecified atom stereocenters. The summed E-state index contributed by atoms with van der Waals surface area (Å²) in [4.78, 5) is 0. The summed E-state index contributed by atoms with van der Waals surface area (Å²) in [5.74, 6) is -1.13. The molecule has 85 valence electrons. The fourth-order valence-corrected chi connectivity index (χ4v) is 1.40. The maximum atomic E-state index is 10.3. The Morgan fingerprint density at radius 2 is 1.50 bits per heavy atom. The van der Waals surface area contributed by atoms with Crippen LogP contribution in [0.3, 0.4) is 0 Å². The van der Waals surface area contributed by atoms with Gasteiger partial charge in [0.05, 0.1) is 12.2 Å². The van der Waals surface area contributed by atoms with Crippen LogP contribution in [0, 0.1) is 6.92 Å². The lowest BCUT2D eigenvalue weighted by atomic mass is 10.1. The summed E-state index contributed by atoms with van der Waals surface area (Å²) >= 11 is 0. The van der Waals surface area contributed by atoms with Gasteiger partial charge < -0.3 is 20.4 Å². The molecule has 5 N–H and O–H groups in total. The SMILES string of the molecule is [CH2]C(O)C(O)C(O)C(O)CS(=O)(=O)O. The maximum Gasteiger partial charge on any atom is 0.267 e. The van der Waals surface area contributed by atoms with Crippen LogP contribution >= 0.6 is 0 Å². The van der Waals surface area contributed by atoms with E-state index in [1.54, 1.807) is 0 Å². The highest BCUT2D eigenvalue weighted by Crippen LogP contribution is 2.06. The molecule has 14 heavy (non-hydrogen) atoms. The minimum Gasteiger partial charge on any atom is -0.390 e. The molecule has 0 amide bonds. The third-order valence-electron chi connectivity index (χ3n) is 1.52. The predicted molar refractivity (Wildman–Crippen MR) is 45.8 cm³/mol. The number of aliphatic hydroxyl groups excluding tert-OH is 4. The Balaban J connectivity index is 4.33. The monoisotopic (exact) mass is 229 g/mol. The molecular formula is C6H13O7S. The molecule has 0 spiro atoms. The molecule has 0 aromatic heterocycles. The van der Waals surface area contributed by atoms with Crippen molar-refractivity contribution in [3.05, 3.63) is 6.92 Å². The lowest BCUT2D eigenvalue weighted by molar-refractivity contribution is -0.0876. The molecule has 0 aliphatic heterocycles. The molecule has 0 saturated heterocycles. The second-order valence-electron chi connectivity index (χ2n) is 2.86. The number of hydrogen-bond acceptors (Lipinski definition) is 6. The zero-order valence-corrected chi connectivity index (χ0v) is 8.00. The van der Waals surface area contributed by atoms with Crippen LogP contribution in [-0.2, 0) is 10.1 Å². The summed E-state index contributed by atoms with van der Waals surface area (Å²) in [5.41, 5.74) is 0. The van der Waals surface area contributed by atoms with Crippen molar-refractivity contribution in [1.82, 2.24) is 0 Å². The van der Waals surface area contributed by atoms with E-state index in [1.165, 1.54) is 0 Å². The molecule has 0 aliphatic carbocycles. The van der Waals surface area contributed by atoms with Crippen LogP contribution in [0.2, 0.25) is 0 Å². The average Bonchev–Trinajstić information content (AvgIpc) is 1.98. The summed E-state index contributed by atoms with van der Waals surface area (Å²) in [7, 11) is -4.45. The van der Waals surface area contributed by atoms with E-state index in [4.69, 9.17) is 25.0 Å². The van der Waals surface area contributed by atoms with Crippen LogP contribution in [0.4, 0.5) is 0 Å². The van der Waals surface area contributed by atoms with E-state index in [0.717, 1.165) is 0 Å². The largest absolute Gasteiger partial charge is 0.390 e. The Hall–Kier alpha value is -0.250. The van der Waals surface area contributed by atoms with E-state index in [2.05, 4.69) is 6.92 Å². The van der Waals surface area contributed by atoms with Crippen molar-refractivity contribution in [2.45, 2.75) is 24.4 Å². The van der Waals surface area contributed by atoms with Crippen molar-refractivity contribution in [3.63, 3.8) is 0 Å². The minimum absolute atomic E-state index is 1.13. The molecule has 8 heteroatoms. The fourth-order valence-electron chi connectivity index (χ4n) is 0.770. The summed E-state index contributed by atoms with van der Waals surface area (Å²) < 4.78 is 28.8. The van der Waals surface area contributed by atoms with Crippen molar-refractivity contribution in [2.24, 2.45) is 0 Å². The van der Waals surface area contributed by atoms with Gasteiger partial charge in [-0.3, -0.25) is 4.55 Å². The van der Waals surface area contributed by atoms with Crippen LogP contribution in [0.5, 0.6) is 0 Å².